The van der Waals surface area contributed by atoms with Crippen molar-refractivity contribution in [3.63, 3.8) is 0 Å². The van der Waals surface area contributed by atoms with E-state index < -0.39 is 10.0 Å². The molecule has 1 saturated carbocycles. The summed E-state index contributed by atoms with van der Waals surface area (Å²) < 4.78 is 26.8. The van der Waals surface area contributed by atoms with Crippen LogP contribution in [0.2, 0.25) is 0 Å². The Morgan fingerprint density at radius 3 is 2.45 bits per heavy atom. The van der Waals surface area contributed by atoms with Crippen LogP contribution in [0, 0.1) is 19.8 Å². The van der Waals surface area contributed by atoms with Crippen molar-refractivity contribution in [1.29, 1.82) is 0 Å². The van der Waals surface area contributed by atoms with E-state index in [1.165, 1.54) is 13.1 Å². The molecule has 0 bridgehead atoms. The molecule has 0 aliphatic heterocycles. The average molecular weight is 444 g/mol. The van der Waals surface area contributed by atoms with E-state index in [1.807, 2.05) is 24.3 Å². The molecule has 1 aliphatic carbocycles. The Balaban J connectivity index is 1.69. The van der Waals surface area contributed by atoms with Crippen molar-refractivity contribution in [1.82, 2.24) is 10.0 Å². The lowest BCUT2D eigenvalue weighted by Gasteiger charge is -2.13. The molecule has 2 aromatic carbocycles. The second-order valence-electron chi connectivity index (χ2n) is 7.98. The zero-order chi connectivity index (χ0) is 22.6. The molecule has 2 amide bonds. The summed E-state index contributed by atoms with van der Waals surface area (Å²) in [6.07, 6.45) is 4.06. The molecular formula is C23H29N3O4S. The molecule has 0 aromatic heterocycles. The molecule has 3 N–H and O–H groups in total. The van der Waals surface area contributed by atoms with Crippen LogP contribution in [-0.4, -0.2) is 27.3 Å². The normalized spacial score (nSPS) is 14.4. The molecule has 2 aromatic rings. The number of rotatable bonds is 7. The van der Waals surface area contributed by atoms with E-state index in [2.05, 4.69) is 15.4 Å². The number of hydrogen-bond acceptors (Lipinski definition) is 4. The van der Waals surface area contributed by atoms with Gasteiger partial charge in [-0.1, -0.05) is 25.0 Å². The smallest absolute Gasteiger partial charge is 0.251 e. The number of benzene rings is 2. The van der Waals surface area contributed by atoms with Gasteiger partial charge in [0, 0.05) is 23.7 Å². The zero-order valence-electron chi connectivity index (χ0n) is 18.1. The Morgan fingerprint density at radius 1 is 1.06 bits per heavy atom. The Morgan fingerprint density at radius 2 is 1.77 bits per heavy atom. The molecule has 0 spiro atoms. The largest absolute Gasteiger partial charge is 0.348 e. The summed E-state index contributed by atoms with van der Waals surface area (Å²) in [6.45, 7) is 3.75. The molecule has 0 heterocycles. The van der Waals surface area contributed by atoms with E-state index in [0.29, 0.717) is 11.3 Å². The number of amides is 2. The molecule has 7 nitrogen and oxygen atoms in total. The first-order valence-electron chi connectivity index (χ1n) is 10.4. The highest BCUT2D eigenvalue weighted by atomic mass is 32.2. The van der Waals surface area contributed by atoms with Gasteiger partial charge >= 0.3 is 0 Å². The maximum absolute atomic E-state index is 12.7. The van der Waals surface area contributed by atoms with Crippen molar-refractivity contribution in [2.75, 3.05) is 12.4 Å². The Kier molecular flexibility index (Phi) is 7.12. The van der Waals surface area contributed by atoms with Crippen LogP contribution in [0.4, 0.5) is 5.69 Å². The molecular weight excluding hydrogens is 414 g/mol. The third-order valence-corrected chi connectivity index (χ3v) is 7.35. The van der Waals surface area contributed by atoms with Crippen molar-refractivity contribution >= 4 is 27.5 Å². The molecule has 8 heteroatoms. The number of nitrogens with one attached hydrogen (secondary N) is 3. The number of hydrogen-bond donors (Lipinski definition) is 3. The third-order valence-electron chi connectivity index (χ3n) is 5.81. The highest BCUT2D eigenvalue weighted by molar-refractivity contribution is 7.89. The standard InChI is InChI=1S/C23H29N3O4S/c1-15-11-19(13-21(16(15)2)31(29,30)24-3)22(27)25-14-17-7-6-10-20(12-17)26-23(28)18-8-4-5-9-18/h6-7,10-13,18,24H,4-5,8-9,14H2,1-3H3,(H,25,27)(H,26,28). The monoisotopic (exact) mass is 443 g/mol. The average Bonchev–Trinajstić information content (AvgIpc) is 3.29. The topological polar surface area (TPSA) is 104 Å². The molecule has 0 saturated heterocycles. The summed E-state index contributed by atoms with van der Waals surface area (Å²) in [6, 6.07) is 10.4. The molecule has 3 rings (SSSR count). The van der Waals surface area contributed by atoms with Gasteiger partial charge < -0.3 is 10.6 Å². The van der Waals surface area contributed by atoms with Crippen molar-refractivity contribution in [2.24, 2.45) is 5.92 Å². The van der Waals surface area contributed by atoms with Crippen LogP contribution in [0.5, 0.6) is 0 Å². The first-order chi connectivity index (χ1) is 14.7. The minimum absolute atomic E-state index is 0.0482. The van der Waals surface area contributed by atoms with Gasteiger partial charge in [-0.3, -0.25) is 9.59 Å². The fraction of sp³-hybridized carbons (Fsp3) is 0.391. The van der Waals surface area contributed by atoms with Gasteiger partial charge in [0.2, 0.25) is 15.9 Å². The highest BCUT2D eigenvalue weighted by Crippen LogP contribution is 2.26. The lowest BCUT2D eigenvalue weighted by atomic mass is 10.1. The van der Waals surface area contributed by atoms with Gasteiger partial charge in [0.25, 0.3) is 5.91 Å². The fourth-order valence-corrected chi connectivity index (χ4v) is 4.89. The van der Waals surface area contributed by atoms with Gasteiger partial charge in [-0.2, -0.15) is 0 Å². The Bertz CT molecular complexity index is 1090. The number of aryl methyl sites for hydroxylation is 1. The number of sulfonamides is 1. The summed E-state index contributed by atoms with van der Waals surface area (Å²) in [7, 11) is -2.33. The molecule has 1 fully saturated rings. The van der Waals surface area contributed by atoms with E-state index in [1.54, 1.807) is 19.9 Å². The summed E-state index contributed by atoms with van der Waals surface area (Å²) >= 11 is 0. The predicted molar refractivity (Wildman–Crippen MR) is 120 cm³/mol. The number of carbonyl (C=O) groups is 2. The van der Waals surface area contributed by atoms with Crippen LogP contribution in [0.25, 0.3) is 0 Å². The van der Waals surface area contributed by atoms with Gasteiger partial charge in [0.15, 0.2) is 0 Å². The minimum Gasteiger partial charge on any atom is -0.348 e. The summed E-state index contributed by atoms with van der Waals surface area (Å²) in [5, 5.41) is 5.79. The van der Waals surface area contributed by atoms with Crippen molar-refractivity contribution < 1.29 is 18.0 Å². The van der Waals surface area contributed by atoms with Gasteiger partial charge in [-0.05, 0) is 74.7 Å². The summed E-state index contributed by atoms with van der Waals surface area (Å²) in [5.74, 6) is -0.237. The van der Waals surface area contributed by atoms with Gasteiger partial charge in [0.05, 0.1) is 4.90 Å². The van der Waals surface area contributed by atoms with Crippen molar-refractivity contribution in [2.45, 2.75) is 51.0 Å². The first kappa shape index (κ1) is 23.0. The van der Waals surface area contributed by atoms with Gasteiger partial charge in [-0.25, -0.2) is 13.1 Å². The first-order valence-corrected chi connectivity index (χ1v) is 11.9. The summed E-state index contributed by atoms with van der Waals surface area (Å²) in [5.41, 5.74) is 3.15. The Hall–Kier alpha value is -2.71. The van der Waals surface area contributed by atoms with E-state index in [0.717, 1.165) is 36.8 Å². The van der Waals surface area contributed by atoms with Crippen LogP contribution in [0.1, 0.15) is 52.7 Å². The van der Waals surface area contributed by atoms with E-state index in [4.69, 9.17) is 0 Å². The second-order valence-corrected chi connectivity index (χ2v) is 9.83. The lowest BCUT2D eigenvalue weighted by Crippen LogP contribution is -2.25. The van der Waals surface area contributed by atoms with Crippen molar-refractivity contribution in [3.05, 3.63) is 58.7 Å². The third kappa shape index (κ3) is 5.51. The summed E-state index contributed by atoms with van der Waals surface area (Å²) in [4.78, 5) is 25.1. The van der Waals surface area contributed by atoms with Crippen LogP contribution in [0.3, 0.4) is 0 Å². The number of carbonyl (C=O) groups excluding carboxylic acids is 2. The second kappa shape index (κ2) is 9.62. The molecule has 166 valence electrons. The zero-order valence-corrected chi connectivity index (χ0v) is 18.9. The quantitative estimate of drug-likeness (QED) is 0.611. The van der Waals surface area contributed by atoms with Gasteiger partial charge in [0.1, 0.15) is 0 Å². The van der Waals surface area contributed by atoms with Crippen LogP contribution < -0.4 is 15.4 Å². The van der Waals surface area contributed by atoms with Crippen LogP contribution in [-0.2, 0) is 21.4 Å². The lowest BCUT2D eigenvalue weighted by molar-refractivity contribution is -0.119. The van der Waals surface area contributed by atoms with Crippen LogP contribution in [0.15, 0.2) is 41.3 Å². The maximum atomic E-state index is 12.7. The SMILES string of the molecule is CNS(=O)(=O)c1cc(C(=O)NCc2cccc(NC(=O)C3CCCC3)c2)cc(C)c1C. The molecule has 1 aliphatic rings. The fourth-order valence-electron chi connectivity index (χ4n) is 3.82. The maximum Gasteiger partial charge on any atom is 0.251 e. The molecule has 0 atom stereocenters. The molecule has 0 unspecified atom stereocenters. The van der Waals surface area contributed by atoms with E-state index in [9.17, 15) is 18.0 Å². The van der Waals surface area contributed by atoms with Crippen molar-refractivity contribution in [3.8, 4) is 0 Å². The van der Waals surface area contributed by atoms with E-state index >= 15 is 0 Å². The van der Waals surface area contributed by atoms with Crippen LogP contribution >= 0.6 is 0 Å². The Labute approximate surface area is 183 Å². The molecule has 31 heavy (non-hydrogen) atoms. The minimum atomic E-state index is -3.67. The van der Waals surface area contributed by atoms with E-state index in [-0.39, 0.29) is 34.7 Å². The number of anilines is 1. The highest BCUT2D eigenvalue weighted by Gasteiger charge is 2.23. The predicted octanol–water partition coefficient (Wildman–Crippen LogP) is 3.27. The van der Waals surface area contributed by atoms with Gasteiger partial charge in [-0.15, -0.1) is 0 Å². The molecule has 0 radical (unpaired) electrons.